The van der Waals surface area contributed by atoms with Gasteiger partial charge in [0.15, 0.2) is 0 Å². The number of aromatic nitrogens is 2. The molecule has 0 saturated carbocycles. The van der Waals surface area contributed by atoms with Gasteiger partial charge in [0, 0.05) is 13.7 Å². The monoisotopic (exact) mass is 363 g/mol. The second-order valence-corrected chi connectivity index (χ2v) is 7.67. The minimum atomic E-state index is -3.68. The predicted octanol–water partition coefficient (Wildman–Crippen LogP) is 2.53. The Morgan fingerprint density at radius 1 is 1.21 bits per heavy atom. The fourth-order valence-electron chi connectivity index (χ4n) is 2.21. The first-order valence-electron chi connectivity index (χ1n) is 7.29. The van der Waals surface area contributed by atoms with Gasteiger partial charge >= 0.3 is 0 Å². The average molecular weight is 363 g/mol. The lowest BCUT2D eigenvalue weighted by molar-refractivity contribution is 0.204. The molecule has 0 amide bonds. The van der Waals surface area contributed by atoms with Crippen LogP contribution in [0.15, 0.2) is 58.9 Å². The molecule has 24 heavy (non-hydrogen) atoms. The SMILES string of the molecule is COCCNS(=O)(=O)c1cn(-c2ccccc2)nc1-c1cccs1. The minimum absolute atomic E-state index is 0.157. The maximum absolute atomic E-state index is 12.7. The third kappa shape index (κ3) is 3.57. The van der Waals surface area contributed by atoms with Crippen LogP contribution in [0.3, 0.4) is 0 Å². The molecule has 0 fully saturated rings. The van der Waals surface area contributed by atoms with E-state index in [1.807, 2.05) is 47.8 Å². The highest BCUT2D eigenvalue weighted by atomic mass is 32.2. The number of benzene rings is 1. The van der Waals surface area contributed by atoms with Crippen molar-refractivity contribution in [1.82, 2.24) is 14.5 Å². The Bertz CT molecular complexity index is 888. The number of para-hydroxylation sites is 1. The zero-order valence-corrected chi connectivity index (χ0v) is 14.7. The van der Waals surface area contributed by atoms with Gasteiger partial charge in [0.05, 0.1) is 23.4 Å². The van der Waals surface area contributed by atoms with Gasteiger partial charge in [-0.15, -0.1) is 11.3 Å². The zero-order chi connectivity index (χ0) is 17.0. The van der Waals surface area contributed by atoms with Crippen molar-refractivity contribution in [1.29, 1.82) is 0 Å². The number of rotatable bonds is 7. The highest BCUT2D eigenvalue weighted by Crippen LogP contribution is 2.30. The number of sulfonamides is 1. The molecular formula is C16H17N3O3S2. The second-order valence-electron chi connectivity index (χ2n) is 4.99. The Morgan fingerprint density at radius 3 is 2.67 bits per heavy atom. The molecule has 0 atom stereocenters. The smallest absolute Gasteiger partial charge is 0.244 e. The number of thiophene rings is 1. The van der Waals surface area contributed by atoms with Gasteiger partial charge in [0.25, 0.3) is 0 Å². The van der Waals surface area contributed by atoms with Crippen LogP contribution in [0.4, 0.5) is 0 Å². The van der Waals surface area contributed by atoms with Gasteiger partial charge in [-0.1, -0.05) is 24.3 Å². The largest absolute Gasteiger partial charge is 0.383 e. The summed E-state index contributed by atoms with van der Waals surface area (Å²) >= 11 is 1.45. The zero-order valence-electron chi connectivity index (χ0n) is 13.0. The molecule has 126 valence electrons. The minimum Gasteiger partial charge on any atom is -0.383 e. The fraction of sp³-hybridized carbons (Fsp3) is 0.188. The third-order valence-electron chi connectivity index (χ3n) is 3.34. The fourth-order valence-corrected chi connectivity index (χ4v) is 4.15. The van der Waals surface area contributed by atoms with Gasteiger partial charge in [-0.2, -0.15) is 5.10 Å². The molecule has 3 aromatic rings. The van der Waals surface area contributed by atoms with E-state index in [9.17, 15) is 8.42 Å². The number of methoxy groups -OCH3 is 1. The van der Waals surface area contributed by atoms with Crippen molar-refractivity contribution in [3.8, 4) is 16.3 Å². The van der Waals surface area contributed by atoms with Crippen LogP contribution in [0, 0.1) is 0 Å². The van der Waals surface area contributed by atoms with Crippen molar-refractivity contribution in [3.05, 3.63) is 54.0 Å². The van der Waals surface area contributed by atoms with Crippen molar-refractivity contribution in [2.75, 3.05) is 20.3 Å². The van der Waals surface area contributed by atoms with Crippen LogP contribution in [-0.2, 0) is 14.8 Å². The van der Waals surface area contributed by atoms with Crippen LogP contribution in [0.2, 0.25) is 0 Å². The first-order chi connectivity index (χ1) is 11.6. The summed E-state index contributed by atoms with van der Waals surface area (Å²) in [5.41, 5.74) is 1.24. The van der Waals surface area contributed by atoms with Crippen molar-refractivity contribution in [3.63, 3.8) is 0 Å². The molecule has 0 bridgehead atoms. The van der Waals surface area contributed by atoms with E-state index < -0.39 is 10.0 Å². The maximum atomic E-state index is 12.7. The molecule has 0 aliphatic rings. The normalized spacial score (nSPS) is 11.7. The number of ether oxygens (including phenoxy) is 1. The van der Waals surface area contributed by atoms with E-state index in [2.05, 4.69) is 9.82 Å². The van der Waals surface area contributed by atoms with Gasteiger partial charge in [-0.25, -0.2) is 17.8 Å². The van der Waals surface area contributed by atoms with E-state index in [0.29, 0.717) is 12.3 Å². The molecule has 8 heteroatoms. The van der Waals surface area contributed by atoms with Gasteiger partial charge in [-0.05, 0) is 23.6 Å². The Morgan fingerprint density at radius 2 is 2.00 bits per heavy atom. The van der Waals surface area contributed by atoms with Crippen molar-refractivity contribution in [2.45, 2.75) is 4.90 Å². The summed E-state index contributed by atoms with van der Waals surface area (Å²) in [5.74, 6) is 0. The molecule has 0 unspecified atom stereocenters. The van der Waals surface area contributed by atoms with Crippen molar-refractivity contribution >= 4 is 21.4 Å². The first-order valence-corrected chi connectivity index (χ1v) is 9.65. The summed E-state index contributed by atoms with van der Waals surface area (Å²) in [6.45, 7) is 0.514. The van der Waals surface area contributed by atoms with E-state index >= 15 is 0 Å². The number of hydrogen-bond acceptors (Lipinski definition) is 5. The van der Waals surface area contributed by atoms with Gasteiger partial charge in [0.1, 0.15) is 10.6 Å². The van der Waals surface area contributed by atoms with Crippen LogP contribution < -0.4 is 4.72 Å². The first kappa shape index (κ1) is 16.8. The molecular weight excluding hydrogens is 346 g/mol. The van der Waals surface area contributed by atoms with E-state index in [1.165, 1.54) is 18.4 Å². The van der Waals surface area contributed by atoms with Crippen molar-refractivity contribution in [2.24, 2.45) is 0 Å². The molecule has 0 radical (unpaired) electrons. The van der Waals surface area contributed by atoms with E-state index in [0.717, 1.165) is 10.6 Å². The van der Waals surface area contributed by atoms with E-state index in [4.69, 9.17) is 4.74 Å². The number of nitrogens with zero attached hydrogens (tertiary/aromatic N) is 2. The lowest BCUT2D eigenvalue weighted by atomic mass is 10.3. The third-order valence-corrected chi connectivity index (χ3v) is 5.68. The molecule has 2 heterocycles. The predicted molar refractivity (Wildman–Crippen MR) is 93.9 cm³/mol. The lowest BCUT2D eigenvalue weighted by Gasteiger charge is -2.05. The standard InChI is InChI=1S/C16H17N3O3S2/c1-22-10-9-17-24(20,21)15-12-19(13-6-3-2-4-7-13)18-16(15)14-8-5-11-23-14/h2-8,11-12,17H,9-10H2,1H3. The Kier molecular flexibility index (Phi) is 5.10. The molecule has 2 aromatic heterocycles. The second kappa shape index (κ2) is 7.27. The van der Waals surface area contributed by atoms with Crippen LogP contribution >= 0.6 is 11.3 Å². The summed E-state index contributed by atoms with van der Waals surface area (Å²) in [6, 6.07) is 13.1. The van der Waals surface area contributed by atoms with Crippen LogP contribution in [0.25, 0.3) is 16.3 Å². The summed E-state index contributed by atoms with van der Waals surface area (Å²) in [6.07, 6.45) is 1.54. The van der Waals surface area contributed by atoms with E-state index in [1.54, 1.807) is 10.9 Å². The highest BCUT2D eigenvalue weighted by Gasteiger charge is 2.24. The quantitative estimate of drug-likeness (QED) is 0.655. The summed E-state index contributed by atoms with van der Waals surface area (Å²) < 4.78 is 34.3. The van der Waals surface area contributed by atoms with Gasteiger partial charge < -0.3 is 4.74 Å². The Balaban J connectivity index is 2.05. The Labute approximate surface area is 144 Å². The number of hydrogen-bond donors (Lipinski definition) is 1. The molecule has 0 spiro atoms. The van der Waals surface area contributed by atoms with E-state index in [-0.39, 0.29) is 11.4 Å². The molecule has 1 N–H and O–H groups in total. The average Bonchev–Trinajstić information content (AvgIpc) is 3.25. The maximum Gasteiger partial charge on any atom is 0.244 e. The molecule has 0 aliphatic carbocycles. The molecule has 0 saturated heterocycles. The van der Waals surface area contributed by atoms with Crippen LogP contribution in [0.5, 0.6) is 0 Å². The summed E-state index contributed by atoms with van der Waals surface area (Å²) in [5, 5.41) is 6.39. The topological polar surface area (TPSA) is 73.2 Å². The summed E-state index contributed by atoms with van der Waals surface area (Å²) in [7, 11) is -2.16. The van der Waals surface area contributed by atoms with Gasteiger partial charge in [-0.3, -0.25) is 0 Å². The van der Waals surface area contributed by atoms with Gasteiger partial charge in [0.2, 0.25) is 10.0 Å². The van der Waals surface area contributed by atoms with Crippen LogP contribution in [-0.4, -0.2) is 38.5 Å². The molecule has 0 aliphatic heterocycles. The summed E-state index contributed by atoms with van der Waals surface area (Å²) in [4.78, 5) is 0.960. The number of nitrogens with one attached hydrogen (secondary N) is 1. The highest BCUT2D eigenvalue weighted by molar-refractivity contribution is 7.89. The molecule has 3 rings (SSSR count). The molecule has 6 nitrogen and oxygen atoms in total. The van der Waals surface area contributed by atoms with Crippen molar-refractivity contribution < 1.29 is 13.2 Å². The molecule has 1 aromatic carbocycles. The Hall–Kier alpha value is -2.00. The lowest BCUT2D eigenvalue weighted by Crippen LogP contribution is -2.27. The van der Waals surface area contributed by atoms with Crippen LogP contribution in [0.1, 0.15) is 0 Å².